The van der Waals surface area contributed by atoms with E-state index in [1.165, 1.54) is 25.9 Å². The molecule has 0 aliphatic carbocycles. The summed E-state index contributed by atoms with van der Waals surface area (Å²) in [4.78, 5) is 2.60. The molecule has 0 saturated carbocycles. The van der Waals surface area contributed by atoms with Crippen molar-refractivity contribution in [3.8, 4) is 0 Å². The van der Waals surface area contributed by atoms with Crippen molar-refractivity contribution in [3.63, 3.8) is 0 Å². The first-order valence-electron chi connectivity index (χ1n) is 7.12. The topological polar surface area (TPSA) is 24.5 Å². The second-order valence-electron chi connectivity index (χ2n) is 5.53. The highest BCUT2D eigenvalue weighted by molar-refractivity contribution is 4.80. The molecule has 0 aromatic carbocycles. The van der Waals surface area contributed by atoms with Crippen molar-refractivity contribution in [1.82, 2.24) is 10.2 Å². The number of nitrogens with one attached hydrogen (secondary N) is 1. The summed E-state index contributed by atoms with van der Waals surface area (Å²) >= 11 is 0. The van der Waals surface area contributed by atoms with Crippen LogP contribution in [0.15, 0.2) is 0 Å². The summed E-state index contributed by atoms with van der Waals surface area (Å²) in [6.07, 6.45) is 2.70. The Morgan fingerprint density at radius 2 is 1.94 bits per heavy atom. The zero-order valence-corrected chi connectivity index (χ0v) is 12.0. The maximum absolute atomic E-state index is 5.35. The summed E-state index contributed by atoms with van der Waals surface area (Å²) in [5, 5.41) is 3.44. The lowest BCUT2D eigenvalue weighted by molar-refractivity contribution is 0.0578. The smallest absolute Gasteiger partial charge is 0.0630 e. The van der Waals surface area contributed by atoms with Gasteiger partial charge in [0.05, 0.1) is 6.61 Å². The Bertz CT molecular complexity index is 189. The summed E-state index contributed by atoms with van der Waals surface area (Å²) in [5.41, 5.74) is 0. The van der Waals surface area contributed by atoms with Gasteiger partial charge in [-0.2, -0.15) is 0 Å². The molecule has 1 aliphatic heterocycles. The van der Waals surface area contributed by atoms with Crippen LogP contribution in [0.1, 0.15) is 33.6 Å². The molecule has 0 bridgehead atoms. The number of hydrogen-bond donors (Lipinski definition) is 1. The van der Waals surface area contributed by atoms with E-state index in [-0.39, 0.29) is 0 Å². The molecule has 0 aromatic rings. The predicted molar refractivity (Wildman–Crippen MR) is 73.3 cm³/mol. The molecule has 1 unspecified atom stereocenters. The highest BCUT2D eigenvalue weighted by Gasteiger charge is 2.26. The zero-order valence-electron chi connectivity index (χ0n) is 12.0. The average Bonchev–Trinajstić information content (AvgIpc) is 2.34. The first-order valence-corrected chi connectivity index (χ1v) is 7.12. The number of rotatable bonds is 7. The van der Waals surface area contributed by atoms with Gasteiger partial charge in [-0.05, 0) is 44.3 Å². The summed E-state index contributed by atoms with van der Waals surface area (Å²) in [6.45, 7) is 12.3. The number of piperidine rings is 1. The maximum atomic E-state index is 5.35. The van der Waals surface area contributed by atoms with Crippen LogP contribution in [0.25, 0.3) is 0 Å². The van der Waals surface area contributed by atoms with Gasteiger partial charge in [-0.25, -0.2) is 0 Å². The molecule has 1 N–H and O–H groups in total. The van der Waals surface area contributed by atoms with Gasteiger partial charge in [-0.15, -0.1) is 0 Å². The average molecular weight is 242 g/mol. The van der Waals surface area contributed by atoms with E-state index in [2.05, 4.69) is 31.0 Å². The standard InChI is InChI=1S/C14H30N2O/c1-5-15-10-14(11-17-4)16-8-6-13(7-9-16)12(2)3/h12-15H,5-11H2,1-4H3. The molecule has 3 heteroatoms. The zero-order chi connectivity index (χ0) is 12.7. The molecule has 1 atom stereocenters. The second kappa shape index (κ2) is 8.06. The molecule has 1 aliphatic rings. The van der Waals surface area contributed by atoms with Crippen molar-refractivity contribution in [2.75, 3.05) is 39.9 Å². The third kappa shape index (κ3) is 4.94. The molecular weight excluding hydrogens is 212 g/mol. The molecule has 3 nitrogen and oxygen atoms in total. The number of likely N-dealkylation sites (tertiary alicyclic amines) is 1. The fourth-order valence-electron chi connectivity index (χ4n) is 2.75. The first-order chi connectivity index (χ1) is 8.19. The minimum Gasteiger partial charge on any atom is -0.383 e. The molecule has 0 spiro atoms. The molecule has 0 radical (unpaired) electrons. The fraction of sp³-hybridized carbons (Fsp3) is 1.00. The monoisotopic (exact) mass is 242 g/mol. The molecule has 0 amide bonds. The highest BCUT2D eigenvalue weighted by atomic mass is 16.5. The lowest BCUT2D eigenvalue weighted by atomic mass is 9.86. The Hall–Kier alpha value is -0.120. The Kier molecular flexibility index (Phi) is 7.09. The first kappa shape index (κ1) is 14.9. The minimum absolute atomic E-state index is 0.549. The third-order valence-electron chi connectivity index (χ3n) is 4.02. The SMILES string of the molecule is CCNCC(COC)N1CCC(C(C)C)CC1. The van der Waals surface area contributed by atoms with Crippen LogP contribution in [0.2, 0.25) is 0 Å². The number of nitrogens with zero attached hydrogens (tertiary/aromatic N) is 1. The minimum atomic E-state index is 0.549. The highest BCUT2D eigenvalue weighted by Crippen LogP contribution is 2.25. The molecule has 102 valence electrons. The van der Waals surface area contributed by atoms with Crippen LogP contribution in [0.5, 0.6) is 0 Å². The van der Waals surface area contributed by atoms with Gasteiger partial charge in [0, 0.05) is 19.7 Å². The van der Waals surface area contributed by atoms with Gasteiger partial charge in [0.25, 0.3) is 0 Å². The van der Waals surface area contributed by atoms with Crippen molar-refractivity contribution < 1.29 is 4.74 Å². The summed E-state index contributed by atoms with van der Waals surface area (Å²) in [5.74, 6) is 1.76. The molecule has 1 saturated heterocycles. The van der Waals surface area contributed by atoms with E-state index in [0.717, 1.165) is 31.5 Å². The number of likely N-dealkylation sites (N-methyl/N-ethyl adjacent to an activating group) is 1. The third-order valence-corrected chi connectivity index (χ3v) is 4.02. The lowest BCUT2D eigenvalue weighted by Crippen LogP contribution is -2.49. The summed E-state index contributed by atoms with van der Waals surface area (Å²) in [7, 11) is 1.81. The van der Waals surface area contributed by atoms with Crippen molar-refractivity contribution in [2.24, 2.45) is 11.8 Å². The molecule has 1 fully saturated rings. The summed E-state index contributed by atoms with van der Waals surface area (Å²) < 4.78 is 5.35. The largest absolute Gasteiger partial charge is 0.383 e. The second-order valence-corrected chi connectivity index (χ2v) is 5.53. The number of methoxy groups -OCH3 is 1. The van der Waals surface area contributed by atoms with Gasteiger partial charge in [0.2, 0.25) is 0 Å². The molecule has 0 aromatic heterocycles. The van der Waals surface area contributed by atoms with Gasteiger partial charge in [0.1, 0.15) is 0 Å². The van der Waals surface area contributed by atoms with Gasteiger partial charge in [-0.1, -0.05) is 20.8 Å². The lowest BCUT2D eigenvalue weighted by Gasteiger charge is -2.38. The summed E-state index contributed by atoms with van der Waals surface area (Å²) in [6, 6.07) is 0.549. The predicted octanol–water partition coefficient (Wildman–Crippen LogP) is 1.98. The Balaban J connectivity index is 2.37. The van der Waals surface area contributed by atoms with Crippen molar-refractivity contribution in [3.05, 3.63) is 0 Å². The molecule has 1 rings (SSSR count). The van der Waals surface area contributed by atoms with Crippen LogP contribution in [0.4, 0.5) is 0 Å². The van der Waals surface area contributed by atoms with Crippen LogP contribution < -0.4 is 5.32 Å². The van der Waals surface area contributed by atoms with E-state index < -0.39 is 0 Å². The number of ether oxygens (including phenoxy) is 1. The Morgan fingerprint density at radius 3 is 2.41 bits per heavy atom. The van der Waals surface area contributed by atoms with Gasteiger partial charge >= 0.3 is 0 Å². The number of hydrogen-bond acceptors (Lipinski definition) is 3. The molecular formula is C14H30N2O. The van der Waals surface area contributed by atoms with E-state index in [1.54, 1.807) is 7.11 Å². The van der Waals surface area contributed by atoms with E-state index >= 15 is 0 Å². The van der Waals surface area contributed by atoms with Crippen LogP contribution in [-0.4, -0.2) is 50.8 Å². The Labute approximate surface area is 107 Å². The van der Waals surface area contributed by atoms with Gasteiger partial charge in [-0.3, -0.25) is 4.90 Å². The van der Waals surface area contributed by atoms with Crippen LogP contribution >= 0.6 is 0 Å². The van der Waals surface area contributed by atoms with E-state index in [9.17, 15) is 0 Å². The molecule has 1 heterocycles. The van der Waals surface area contributed by atoms with Gasteiger partial charge in [0.15, 0.2) is 0 Å². The normalized spacial score (nSPS) is 21.0. The Morgan fingerprint density at radius 1 is 1.29 bits per heavy atom. The van der Waals surface area contributed by atoms with Gasteiger partial charge < -0.3 is 10.1 Å². The van der Waals surface area contributed by atoms with Crippen LogP contribution in [0, 0.1) is 11.8 Å². The quantitative estimate of drug-likeness (QED) is 0.739. The van der Waals surface area contributed by atoms with Crippen molar-refractivity contribution in [1.29, 1.82) is 0 Å². The van der Waals surface area contributed by atoms with Crippen LogP contribution in [0.3, 0.4) is 0 Å². The van der Waals surface area contributed by atoms with Crippen molar-refractivity contribution in [2.45, 2.75) is 39.7 Å². The molecule has 17 heavy (non-hydrogen) atoms. The van der Waals surface area contributed by atoms with Crippen molar-refractivity contribution >= 4 is 0 Å². The van der Waals surface area contributed by atoms with E-state index in [1.807, 2.05) is 0 Å². The fourth-order valence-corrected chi connectivity index (χ4v) is 2.75. The van der Waals surface area contributed by atoms with E-state index in [4.69, 9.17) is 4.74 Å². The van der Waals surface area contributed by atoms with Crippen LogP contribution in [-0.2, 0) is 4.74 Å². The van der Waals surface area contributed by atoms with E-state index in [0.29, 0.717) is 6.04 Å². The maximum Gasteiger partial charge on any atom is 0.0630 e.